The molecule has 4 heteroatoms. The van der Waals surface area contributed by atoms with E-state index in [1.54, 1.807) is 0 Å². The van der Waals surface area contributed by atoms with Crippen molar-refractivity contribution in [1.29, 1.82) is 0 Å². The zero-order valence-electron chi connectivity index (χ0n) is 14.1. The fourth-order valence-corrected chi connectivity index (χ4v) is 3.82. The minimum atomic E-state index is -0.472. The lowest BCUT2D eigenvalue weighted by Crippen LogP contribution is -2.47. The molecule has 0 amide bonds. The minimum absolute atomic E-state index is 0.0256. The minimum Gasteiger partial charge on any atom is -0.394 e. The van der Waals surface area contributed by atoms with Crippen LogP contribution in [0.25, 0.3) is 0 Å². The number of aliphatic hydroxyl groups excluding tert-OH is 1. The van der Waals surface area contributed by atoms with Gasteiger partial charge in [0.05, 0.1) is 25.4 Å². The average molecular weight is 325 g/mol. The van der Waals surface area contributed by atoms with Gasteiger partial charge in [0.1, 0.15) is 12.5 Å². The van der Waals surface area contributed by atoms with Crippen molar-refractivity contribution in [2.75, 3.05) is 19.8 Å². The summed E-state index contributed by atoms with van der Waals surface area (Å²) in [5.74, 6) is 0. The van der Waals surface area contributed by atoms with E-state index >= 15 is 0 Å². The van der Waals surface area contributed by atoms with Gasteiger partial charge in [0, 0.05) is 0 Å². The normalized spacial score (nSPS) is 29.8. The van der Waals surface area contributed by atoms with Crippen molar-refractivity contribution in [3.8, 4) is 0 Å². The summed E-state index contributed by atoms with van der Waals surface area (Å²) in [4.78, 5) is 2.22. The highest BCUT2D eigenvalue weighted by Crippen LogP contribution is 2.49. The topological polar surface area (TPSA) is 41.9 Å². The lowest BCUT2D eigenvalue weighted by atomic mass is 9.99. The molecular formula is C20H23NO3. The Balaban J connectivity index is 1.79. The SMILES string of the molecule is Cc1ccccc1[C@H]1OC[C@]2(CO)CO[C@@H](c3ccccc3C)N12. The summed E-state index contributed by atoms with van der Waals surface area (Å²) >= 11 is 0. The molecule has 0 aromatic heterocycles. The van der Waals surface area contributed by atoms with Crippen LogP contribution in [-0.4, -0.2) is 35.4 Å². The molecule has 2 saturated heterocycles. The van der Waals surface area contributed by atoms with Crippen molar-refractivity contribution in [1.82, 2.24) is 4.90 Å². The first-order valence-electron chi connectivity index (χ1n) is 8.40. The largest absolute Gasteiger partial charge is 0.394 e. The van der Waals surface area contributed by atoms with Crippen molar-refractivity contribution in [3.63, 3.8) is 0 Å². The highest BCUT2D eigenvalue weighted by Gasteiger charge is 2.56. The number of hydrogen-bond acceptors (Lipinski definition) is 4. The second kappa shape index (κ2) is 5.97. The molecule has 0 aliphatic carbocycles. The van der Waals surface area contributed by atoms with E-state index in [4.69, 9.17) is 9.47 Å². The van der Waals surface area contributed by atoms with Crippen LogP contribution in [0.2, 0.25) is 0 Å². The van der Waals surface area contributed by atoms with Crippen LogP contribution >= 0.6 is 0 Å². The van der Waals surface area contributed by atoms with Gasteiger partial charge in [0.15, 0.2) is 0 Å². The molecule has 2 aromatic rings. The van der Waals surface area contributed by atoms with Gasteiger partial charge in [0.25, 0.3) is 0 Å². The smallest absolute Gasteiger partial charge is 0.140 e. The van der Waals surface area contributed by atoms with Crippen LogP contribution in [0.3, 0.4) is 0 Å². The second-order valence-electron chi connectivity index (χ2n) is 6.83. The summed E-state index contributed by atoms with van der Waals surface area (Å²) in [6.45, 7) is 5.17. The maximum absolute atomic E-state index is 10.1. The number of fused-ring (bicyclic) bond motifs is 1. The number of hydrogen-bond donors (Lipinski definition) is 1. The molecule has 2 heterocycles. The van der Waals surface area contributed by atoms with Crippen LogP contribution in [0.1, 0.15) is 34.7 Å². The van der Waals surface area contributed by atoms with E-state index in [-0.39, 0.29) is 19.1 Å². The quantitative estimate of drug-likeness (QED) is 0.942. The lowest BCUT2D eigenvalue weighted by Gasteiger charge is -2.34. The molecule has 24 heavy (non-hydrogen) atoms. The van der Waals surface area contributed by atoms with Crippen LogP contribution in [0.4, 0.5) is 0 Å². The molecule has 0 radical (unpaired) electrons. The molecule has 2 aromatic carbocycles. The van der Waals surface area contributed by atoms with Gasteiger partial charge < -0.3 is 14.6 Å². The summed E-state index contributed by atoms with van der Waals surface area (Å²) in [6, 6.07) is 16.5. The van der Waals surface area contributed by atoms with Gasteiger partial charge in [-0.25, -0.2) is 4.90 Å². The average Bonchev–Trinajstić information content (AvgIpc) is 3.14. The molecule has 2 fully saturated rings. The number of nitrogens with zero attached hydrogens (tertiary/aromatic N) is 1. The third-order valence-corrected chi connectivity index (χ3v) is 5.28. The fourth-order valence-electron chi connectivity index (χ4n) is 3.82. The van der Waals surface area contributed by atoms with Gasteiger partial charge in [-0.1, -0.05) is 48.5 Å². The standard InChI is InChI=1S/C20H23NO3/c1-14-7-3-5-9-16(14)18-21-19(17-10-6-4-8-15(17)2)24-13-20(21,11-22)12-23-18/h3-10,18-19,22H,11-13H2,1-2H3/t18-,19+,20-. The van der Waals surface area contributed by atoms with Gasteiger partial charge in [0.2, 0.25) is 0 Å². The monoisotopic (exact) mass is 325 g/mol. The first kappa shape index (κ1) is 15.8. The predicted octanol–water partition coefficient (Wildman–Crippen LogP) is 3.09. The highest BCUT2D eigenvalue weighted by molar-refractivity contribution is 5.33. The first-order valence-corrected chi connectivity index (χ1v) is 8.40. The Hall–Kier alpha value is -1.72. The molecule has 0 unspecified atom stereocenters. The van der Waals surface area contributed by atoms with Crippen molar-refractivity contribution in [2.45, 2.75) is 31.8 Å². The van der Waals surface area contributed by atoms with E-state index in [1.165, 1.54) is 11.1 Å². The zero-order chi connectivity index (χ0) is 16.7. The zero-order valence-corrected chi connectivity index (χ0v) is 14.1. The third kappa shape index (κ3) is 2.30. The van der Waals surface area contributed by atoms with Crippen molar-refractivity contribution >= 4 is 0 Å². The molecule has 1 N–H and O–H groups in total. The Morgan fingerprint density at radius 1 is 0.917 bits per heavy atom. The Bertz CT molecular complexity index is 688. The first-order chi connectivity index (χ1) is 11.7. The van der Waals surface area contributed by atoms with E-state index in [2.05, 4.69) is 43.0 Å². The van der Waals surface area contributed by atoms with Gasteiger partial charge in [-0.3, -0.25) is 0 Å². The van der Waals surface area contributed by atoms with Crippen LogP contribution < -0.4 is 0 Å². The highest BCUT2D eigenvalue weighted by atomic mass is 16.6. The molecule has 4 rings (SSSR count). The maximum atomic E-state index is 10.1. The Kier molecular flexibility index (Phi) is 3.93. The summed E-state index contributed by atoms with van der Waals surface area (Å²) in [5.41, 5.74) is 4.17. The molecule has 0 bridgehead atoms. The lowest BCUT2D eigenvalue weighted by molar-refractivity contribution is -0.0635. The summed E-state index contributed by atoms with van der Waals surface area (Å²) in [5, 5.41) is 10.1. The molecule has 2 aliphatic rings. The molecule has 126 valence electrons. The second-order valence-corrected chi connectivity index (χ2v) is 6.83. The summed E-state index contributed by atoms with van der Waals surface area (Å²) < 4.78 is 12.3. The third-order valence-electron chi connectivity index (χ3n) is 5.28. The molecule has 4 nitrogen and oxygen atoms in total. The van der Waals surface area contributed by atoms with Gasteiger partial charge in [-0.15, -0.1) is 0 Å². The van der Waals surface area contributed by atoms with Crippen LogP contribution in [0, 0.1) is 13.8 Å². The van der Waals surface area contributed by atoms with Crippen molar-refractivity contribution in [2.24, 2.45) is 0 Å². The van der Waals surface area contributed by atoms with E-state index in [0.717, 1.165) is 11.1 Å². The molecule has 3 atom stereocenters. The number of aliphatic hydroxyl groups is 1. The summed E-state index contributed by atoms with van der Waals surface area (Å²) in [6.07, 6.45) is -0.407. The van der Waals surface area contributed by atoms with Crippen LogP contribution in [0.15, 0.2) is 48.5 Å². The Morgan fingerprint density at radius 2 is 1.38 bits per heavy atom. The van der Waals surface area contributed by atoms with Gasteiger partial charge >= 0.3 is 0 Å². The van der Waals surface area contributed by atoms with Crippen molar-refractivity contribution in [3.05, 3.63) is 70.8 Å². The summed E-state index contributed by atoms with van der Waals surface area (Å²) in [7, 11) is 0. The van der Waals surface area contributed by atoms with E-state index in [1.807, 2.05) is 24.3 Å². The van der Waals surface area contributed by atoms with Gasteiger partial charge in [-0.05, 0) is 36.1 Å². The van der Waals surface area contributed by atoms with Gasteiger partial charge in [-0.2, -0.15) is 0 Å². The van der Waals surface area contributed by atoms with Crippen LogP contribution in [0.5, 0.6) is 0 Å². The van der Waals surface area contributed by atoms with E-state index < -0.39 is 5.54 Å². The Morgan fingerprint density at radius 3 is 1.79 bits per heavy atom. The van der Waals surface area contributed by atoms with Crippen molar-refractivity contribution < 1.29 is 14.6 Å². The number of ether oxygens (including phenoxy) is 2. The molecular weight excluding hydrogens is 302 g/mol. The van der Waals surface area contributed by atoms with E-state index in [9.17, 15) is 5.11 Å². The predicted molar refractivity (Wildman–Crippen MR) is 91.4 cm³/mol. The fraction of sp³-hybridized carbons (Fsp3) is 0.400. The molecule has 0 spiro atoms. The number of benzene rings is 2. The number of aryl methyl sites for hydroxylation is 2. The molecule has 0 saturated carbocycles. The van der Waals surface area contributed by atoms with E-state index in [0.29, 0.717) is 13.2 Å². The Labute approximate surface area is 142 Å². The maximum Gasteiger partial charge on any atom is 0.140 e. The molecule has 2 aliphatic heterocycles. The van der Waals surface area contributed by atoms with Crippen LogP contribution in [-0.2, 0) is 9.47 Å². The number of rotatable bonds is 3.